The Morgan fingerprint density at radius 3 is 1.33 bits per heavy atom. The Morgan fingerprint density at radius 2 is 1.33 bits per heavy atom. The maximum Gasteiger partial charge on any atom is 2.00 e. The Balaban J connectivity index is -0.0000000221. The zero-order valence-corrected chi connectivity index (χ0v) is 8.29. The van der Waals surface area contributed by atoms with E-state index in [0.717, 1.165) is 0 Å². The Hall–Kier alpha value is 0.218. The van der Waals surface area contributed by atoms with Crippen LogP contribution in [0.3, 0.4) is 0 Å². The van der Waals surface area contributed by atoms with Crippen molar-refractivity contribution >= 4 is 20.2 Å². The summed E-state index contributed by atoms with van der Waals surface area (Å²) in [5, 5.41) is 25.4. The molecule has 0 aromatic rings. The van der Waals surface area contributed by atoms with Crippen molar-refractivity contribution in [1.82, 2.24) is 0 Å². The number of hydrogen-bond acceptors (Lipinski definition) is 3. The second-order valence-corrected chi connectivity index (χ2v) is 1.86. The third-order valence-electron chi connectivity index (χ3n) is 0.241. The molecule has 0 saturated carbocycles. The van der Waals surface area contributed by atoms with Crippen LogP contribution in [0.1, 0.15) is 13.8 Å². The van der Waals surface area contributed by atoms with Crippen LogP contribution >= 0.6 is 0 Å². The SMILES string of the molecule is CC(O)C[O-].[Be+2].[Be+2].[CH2-]C(C)O.[CH3-]. The maximum absolute atomic E-state index is 9.38. The van der Waals surface area contributed by atoms with Gasteiger partial charge in [0, 0.05) is 6.10 Å². The van der Waals surface area contributed by atoms with Crippen molar-refractivity contribution in [3.63, 3.8) is 0 Å². The molecule has 2 atom stereocenters. The smallest absolute Gasteiger partial charge is 0.853 e. The van der Waals surface area contributed by atoms with E-state index in [2.05, 4.69) is 6.92 Å². The fraction of sp³-hybridized carbons (Fsp3) is 0.714. The molecule has 0 heterocycles. The zero-order valence-electron chi connectivity index (χ0n) is 8.29. The van der Waals surface area contributed by atoms with Gasteiger partial charge < -0.3 is 29.7 Å². The van der Waals surface area contributed by atoms with E-state index in [1.165, 1.54) is 6.92 Å². The predicted molar refractivity (Wildman–Crippen MR) is 51.5 cm³/mol. The van der Waals surface area contributed by atoms with Gasteiger partial charge in [0.15, 0.2) is 0 Å². The Bertz CT molecular complexity index is 49.2. The maximum atomic E-state index is 9.38. The van der Waals surface area contributed by atoms with Gasteiger partial charge in [-0.15, -0.1) is 6.61 Å². The van der Waals surface area contributed by atoms with Gasteiger partial charge in [-0.2, -0.15) is 0 Å². The van der Waals surface area contributed by atoms with Crippen LogP contribution in [-0.2, 0) is 0 Å². The molecule has 0 aliphatic carbocycles. The summed E-state index contributed by atoms with van der Waals surface area (Å²) in [5.41, 5.74) is 0. The Morgan fingerprint density at radius 1 is 1.25 bits per heavy atom. The first-order valence-electron chi connectivity index (χ1n) is 2.78. The van der Waals surface area contributed by atoms with E-state index < -0.39 is 12.2 Å². The molecule has 0 fully saturated rings. The molecule has 0 aliphatic heterocycles. The number of hydrogen-bond donors (Lipinski definition) is 2. The third kappa shape index (κ3) is 177. The average Bonchev–Trinajstić information content (AvgIpc) is 1.65. The van der Waals surface area contributed by atoms with Gasteiger partial charge in [-0.3, -0.25) is 0 Å². The van der Waals surface area contributed by atoms with Gasteiger partial charge in [-0.05, 0) is 6.92 Å². The molecule has 2 unspecified atom stereocenters. The summed E-state index contributed by atoms with van der Waals surface area (Å²) in [7, 11) is 0. The minimum Gasteiger partial charge on any atom is -0.853 e. The van der Waals surface area contributed by atoms with E-state index in [9.17, 15) is 5.11 Å². The molecule has 3 nitrogen and oxygen atoms in total. The largest absolute Gasteiger partial charge is 2.00 e. The predicted octanol–water partition coefficient (Wildman–Crippen LogP) is -1.38. The molecule has 2 N–H and O–H groups in total. The van der Waals surface area contributed by atoms with E-state index in [0.29, 0.717) is 0 Å². The van der Waals surface area contributed by atoms with E-state index in [1.807, 2.05) is 0 Å². The fourth-order valence-corrected chi connectivity index (χ4v) is 0. The van der Waals surface area contributed by atoms with Gasteiger partial charge in [0.25, 0.3) is 0 Å². The van der Waals surface area contributed by atoms with E-state index in [-0.39, 0.29) is 34.3 Å². The summed E-state index contributed by atoms with van der Waals surface area (Å²) in [6, 6.07) is 0. The molecule has 0 spiro atoms. The summed E-state index contributed by atoms with van der Waals surface area (Å²) in [6.07, 6.45) is -1.09. The topological polar surface area (TPSA) is 63.5 Å². The normalized spacial score (nSPS) is 11.5. The van der Waals surface area contributed by atoms with Crippen LogP contribution in [0.4, 0.5) is 0 Å². The minimum atomic E-state index is -0.671. The van der Waals surface area contributed by atoms with E-state index >= 15 is 0 Å². The molecule has 0 aliphatic rings. The number of rotatable bonds is 1. The molecule has 0 bridgehead atoms. The van der Waals surface area contributed by atoms with Gasteiger partial charge in [0.2, 0.25) is 0 Å². The van der Waals surface area contributed by atoms with Crippen LogP contribution in [0.25, 0.3) is 0 Å². The standard InChI is InChI=1S/C3H7O2.C3H7O.CH3.2Be/c1-3(5)2-4;1-3(2)4;;;/h3,5H,2H2,1H3;3-4H,1H2,2H3;1H3;;/q3*-1;2*+2. The van der Waals surface area contributed by atoms with Crippen molar-refractivity contribution in [1.29, 1.82) is 0 Å². The molecule has 0 saturated heterocycles. The summed E-state index contributed by atoms with van der Waals surface area (Å²) in [4.78, 5) is 0. The molecule has 5 heteroatoms. The van der Waals surface area contributed by atoms with Gasteiger partial charge >= 0.3 is 20.2 Å². The van der Waals surface area contributed by atoms with Crippen molar-refractivity contribution in [2.75, 3.05) is 6.61 Å². The first-order chi connectivity index (χ1) is 4.00. The summed E-state index contributed by atoms with van der Waals surface area (Å²) >= 11 is 0. The molecule has 12 heavy (non-hydrogen) atoms. The van der Waals surface area contributed by atoms with Crippen LogP contribution in [-0.4, -0.2) is 49.3 Å². The van der Waals surface area contributed by atoms with Crippen LogP contribution in [0.2, 0.25) is 0 Å². The van der Waals surface area contributed by atoms with Crippen molar-refractivity contribution in [2.24, 2.45) is 0 Å². The Kier molecular flexibility index (Phi) is 55.3. The molecular formula is C7H17Be2O3+. The average molecular weight is 167 g/mol. The molecule has 0 amide bonds. The minimum absolute atomic E-state index is 0. The molecule has 0 rings (SSSR count). The molecule has 66 valence electrons. The monoisotopic (exact) mass is 167 g/mol. The third-order valence-corrected chi connectivity index (χ3v) is 0.241. The van der Waals surface area contributed by atoms with Crippen LogP contribution in [0.5, 0.6) is 0 Å². The van der Waals surface area contributed by atoms with Crippen molar-refractivity contribution in [2.45, 2.75) is 26.1 Å². The summed E-state index contributed by atoms with van der Waals surface area (Å²) < 4.78 is 0. The second kappa shape index (κ2) is 22.5. The molecule has 0 aromatic heterocycles. The first kappa shape index (κ1) is 29.5. The Labute approximate surface area is 83.3 Å². The fourth-order valence-electron chi connectivity index (χ4n) is 0. The molecule has 0 radical (unpaired) electrons. The van der Waals surface area contributed by atoms with E-state index in [4.69, 9.17) is 10.2 Å². The molecular weight excluding hydrogens is 150 g/mol. The van der Waals surface area contributed by atoms with Gasteiger partial charge in [-0.25, -0.2) is 0 Å². The van der Waals surface area contributed by atoms with Crippen molar-refractivity contribution in [3.8, 4) is 0 Å². The second-order valence-electron chi connectivity index (χ2n) is 1.86. The first-order valence-corrected chi connectivity index (χ1v) is 2.78. The quantitative estimate of drug-likeness (QED) is 0.373. The van der Waals surface area contributed by atoms with Gasteiger partial charge in [-0.1, -0.05) is 13.0 Å². The summed E-state index contributed by atoms with van der Waals surface area (Å²) in [6.45, 7) is 5.88. The van der Waals surface area contributed by atoms with Crippen LogP contribution < -0.4 is 5.11 Å². The van der Waals surface area contributed by atoms with E-state index in [1.54, 1.807) is 6.92 Å². The molecule has 0 aromatic carbocycles. The van der Waals surface area contributed by atoms with Crippen molar-refractivity contribution < 1.29 is 15.3 Å². The number of aliphatic hydroxyl groups is 2. The van der Waals surface area contributed by atoms with Crippen molar-refractivity contribution in [3.05, 3.63) is 14.4 Å². The van der Waals surface area contributed by atoms with Gasteiger partial charge in [0.1, 0.15) is 0 Å². The van der Waals surface area contributed by atoms with Crippen LogP contribution in [0, 0.1) is 14.4 Å². The van der Waals surface area contributed by atoms with Crippen LogP contribution in [0.15, 0.2) is 0 Å². The number of aliphatic hydroxyl groups excluding tert-OH is 2. The summed E-state index contributed by atoms with van der Waals surface area (Å²) in [5.74, 6) is 0. The zero-order chi connectivity index (χ0) is 7.86. The van der Waals surface area contributed by atoms with Gasteiger partial charge in [0.05, 0.1) is 0 Å².